The molecule has 1 atom stereocenters. The van der Waals surface area contributed by atoms with E-state index in [0.717, 1.165) is 42.4 Å². The Bertz CT molecular complexity index is 1120. The van der Waals surface area contributed by atoms with E-state index in [2.05, 4.69) is 19.1 Å². The maximum absolute atomic E-state index is 13.8. The second-order valence-electron chi connectivity index (χ2n) is 9.88. The first-order valence-corrected chi connectivity index (χ1v) is 12.5. The number of ketones is 2. The van der Waals surface area contributed by atoms with Crippen LogP contribution in [0.3, 0.4) is 0 Å². The van der Waals surface area contributed by atoms with Gasteiger partial charge >= 0.3 is 11.9 Å². The summed E-state index contributed by atoms with van der Waals surface area (Å²) in [6.07, 6.45) is 12.1. The van der Waals surface area contributed by atoms with E-state index >= 15 is 0 Å². The number of hydrogen-bond donors (Lipinski definition) is 0. The van der Waals surface area contributed by atoms with Crippen LogP contribution in [0.5, 0.6) is 0 Å². The van der Waals surface area contributed by atoms with E-state index in [-0.39, 0.29) is 29.1 Å². The second kappa shape index (κ2) is 13.1. The summed E-state index contributed by atoms with van der Waals surface area (Å²) < 4.78 is 10.7. The molecule has 0 unspecified atom stereocenters. The summed E-state index contributed by atoms with van der Waals surface area (Å²) in [7, 11) is 0. The Morgan fingerprint density at radius 1 is 0.778 bits per heavy atom. The Morgan fingerprint density at radius 2 is 1.31 bits per heavy atom. The first-order chi connectivity index (χ1) is 16.9. The maximum atomic E-state index is 13.8. The Morgan fingerprint density at radius 3 is 1.86 bits per heavy atom. The Balaban J connectivity index is 2.79. The fourth-order valence-corrected chi connectivity index (χ4v) is 4.39. The van der Waals surface area contributed by atoms with Crippen molar-refractivity contribution in [2.75, 3.05) is 0 Å². The summed E-state index contributed by atoms with van der Waals surface area (Å²) in [6, 6.07) is 0. The molecule has 0 fully saturated rings. The lowest BCUT2D eigenvalue weighted by molar-refractivity contribution is -0.142. The molecule has 0 heterocycles. The van der Waals surface area contributed by atoms with E-state index in [9.17, 15) is 19.2 Å². The van der Waals surface area contributed by atoms with Crippen molar-refractivity contribution < 1.29 is 28.7 Å². The molecule has 6 nitrogen and oxygen atoms in total. The van der Waals surface area contributed by atoms with Crippen molar-refractivity contribution in [2.45, 2.75) is 87.0 Å². The zero-order chi connectivity index (χ0) is 27.0. The first kappa shape index (κ1) is 29.0. The number of ether oxygens (including phenoxy) is 2. The number of fused-ring (bicyclic) bond motifs is 11. The molecule has 0 aromatic heterocycles. The molecule has 3 aliphatic rings. The lowest BCUT2D eigenvalue weighted by Gasteiger charge is -2.26. The lowest BCUT2D eigenvalue weighted by atomic mass is 9.80. The van der Waals surface area contributed by atoms with Gasteiger partial charge in [-0.3, -0.25) is 19.2 Å². The van der Waals surface area contributed by atoms with Crippen molar-refractivity contribution in [1.82, 2.24) is 0 Å². The third-order valence-corrected chi connectivity index (χ3v) is 6.11. The van der Waals surface area contributed by atoms with Crippen LogP contribution < -0.4 is 0 Å². The van der Waals surface area contributed by atoms with Gasteiger partial charge in [-0.25, -0.2) is 0 Å². The van der Waals surface area contributed by atoms with Gasteiger partial charge in [0.2, 0.25) is 11.6 Å². The van der Waals surface area contributed by atoms with Gasteiger partial charge in [-0.05, 0) is 73.1 Å². The minimum atomic E-state index is -0.694. The lowest BCUT2D eigenvalue weighted by Crippen LogP contribution is -2.31. The van der Waals surface area contributed by atoms with Crippen LogP contribution in [0, 0.1) is 5.92 Å². The van der Waals surface area contributed by atoms with Crippen LogP contribution in [0.4, 0.5) is 0 Å². The first-order valence-electron chi connectivity index (χ1n) is 12.5. The van der Waals surface area contributed by atoms with Crippen molar-refractivity contribution in [3.05, 3.63) is 69.3 Å². The molecule has 0 aliphatic heterocycles. The molecule has 3 rings (SSSR count). The van der Waals surface area contributed by atoms with E-state index in [1.54, 1.807) is 0 Å². The average molecular weight is 495 g/mol. The van der Waals surface area contributed by atoms with Gasteiger partial charge in [0.1, 0.15) is 0 Å². The topological polar surface area (TPSA) is 86.7 Å². The number of carbonyl (C=O) groups excluding carboxylic acids is 4. The Kier molecular flexibility index (Phi) is 10.6. The molecule has 0 amide bonds. The number of rotatable bonds is 3. The van der Waals surface area contributed by atoms with Gasteiger partial charge in [-0.15, -0.1) is 0 Å². The van der Waals surface area contributed by atoms with Crippen molar-refractivity contribution in [3.8, 4) is 0 Å². The summed E-state index contributed by atoms with van der Waals surface area (Å²) in [5, 5.41) is 0. The van der Waals surface area contributed by atoms with Gasteiger partial charge in [0, 0.05) is 19.8 Å². The van der Waals surface area contributed by atoms with Crippen LogP contribution in [0.25, 0.3) is 0 Å². The highest BCUT2D eigenvalue weighted by atomic mass is 16.5. The number of hydrogen-bond acceptors (Lipinski definition) is 6. The summed E-state index contributed by atoms with van der Waals surface area (Å²) >= 11 is 0. The second-order valence-corrected chi connectivity index (χ2v) is 9.88. The highest BCUT2D eigenvalue weighted by Gasteiger charge is 2.41. The van der Waals surface area contributed by atoms with E-state index in [0.29, 0.717) is 6.42 Å². The number of esters is 2. The monoisotopic (exact) mass is 494 g/mol. The molecule has 0 aromatic rings. The molecule has 0 spiro atoms. The Labute approximate surface area is 214 Å². The molecule has 194 valence electrons. The predicted octanol–water partition coefficient (Wildman–Crippen LogP) is 6.55. The van der Waals surface area contributed by atoms with Crippen molar-refractivity contribution >= 4 is 23.5 Å². The maximum Gasteiger partial charge on any atom is 0.308 e. The summed E-state index contributed by atoms with van der Waals surface area (Å²) in [5.41, 5.74) is 4.42. The van der Waals surface area contributed by atoms with Gasteiger partial charge in [0.25, 0.3) is 0 Å². The van der Waals surface area contributed by atoms with Gasteiger partial charge in [0.15, 0.2) is 11.5 Å². The molecule has 0 saturated carbocycles. The third kappa shape index (κ3) is 8.14. The van der Waals surface area contributed by atoms with Gasteiger partial charge in [-0.2, -0.15) is 0 Å². The van der Waals surface area contributed by atoms with E-state index < -0.39 is 29.4 Å². The minimum Gasteiger partial charge on any atom is -0.422 e. The molecule has 0 N–H and O–H groups in total. The number of allylic oxidation sites excluding steroid dienone is 10. The minimum absolute atomic E-state index is 0.0220. The SMILES string of the molecule is CC(=O)OC1=C2C/C=C(\C)CCC=C(C)CC/C=C(\C)C[C@@H](C=C(C)C)C(=C(OC(C)=O)C2=O)C1=O. The van der Waals surface area contributed by atoms with E-state index in [4.69, 9.17) is 9.47 Å². The number of carbonyl (C=O) groups is 4. The van der Waals surface area contributed by atoms with Gasteiger partial charge in [0.05, 0.1) is 11.1 Å². The summed E-state index contributed by atoms with van der Waals surface area (Å²) in [5.74, 6) is -3.68. The van der Waals surface area contributed by atoms with Crippen LogP contribution >= 0.6 is 0 Å². The van der Waals surface area contributed by atoms with Gasteiger partial charge < -0.3 is 9.47 Å². The zero-order valence-corrected chi connectivity index (χ0v) is 22.6. The van der Waals surface area contributed by atoms with Crippen LogP contribution in [0.2, 0.25) is 0 Å². The average Bonchev–Trinajstić information content (AvgIpc) is 2.75. The highest BCUT2D eigenvalue weighted by Crippen LogP contribution is 2.36. The largest absolute Gasteiger partial charge is 0.422 e. The Hall–Kier alpha value is -3.28. The fraction of sp³-hybridized carbons (Fsp3) is 0.467. The molecular weight excluding hydrogens is 456 g/mol. The van der Waals surface area contributed by atoms with Gasteiger partial charge in [-0.1, -0.05) is 46.6 Å². The molecule has 0 radical (unpaired) electrons. The molecule has 36 heavy (non-hydrogen) atoms. The summed E-state index contributed by atoms with van der Waals surface area (Å²) in [4.78, 5) is 51.5. The van der Waals surface area contributed by atoms with Crippen molar-refractivity contribution in [2.24, 2.45) is 5.92 Å². The van der Waals surface area contributed by atoms with Crippen molar-refractivity contribution in [1.29, 1.82) is 0 Å². The fourth-order valence-electron chi connectivity index (χ4n) is 4.39. The molecule has 0 aromatic carbocycles. The molecule has 3 aliphatic carbocycles. The smallest absolute Gasteiger partial charge is 0.308 e. The highest BCUT2D eigenvalue weighted by molar-refractivity contribution is 6.25. The normalized spacial score (nSPS) is 23.2. The quantitative estimate of drug-likeness (QED) is 0.251. The number of Topliss-reactive ketones (excluding diaryl/α,β-unsaturated/α-hetero) is 2. The van der Waals surface area contributed by atoms with E-state index in [1.807, 2.05) is 39.8 Å². The molecule has 6 heteroatoms. The third-order valence-electron chi connectivity index (χ3n) is 6.11. The summed E-state index contributed by atoms with van der Waals surface area (Å²) in [6.45, 7) is 12.3. The van der Waals surface area contributed by atoms with Crippen LogP contribution in [0.15, 0.2) is 69.3 Å². The standard InChI is InChI=1S/C30H38O6/c1-18(2)16-24-17-21(5)13-9-11-19(3)10-8-12-20(4)14-15-25-27(33)30(36-23(7)32)26(24)28(34)29(25)35-22(6)31/h10,13-14,16,24H,8-9,11-12,15,17H2,1-7H3/b19-10?,20-14+,21-13+/t24-/m1/s1. The predicted molar refractivity (Wildman–Crippen MR) is 139 cm³/mol. The van der Waals surface area contributed by atoms with Crippen LogP contribution in [-0.2, 0) is 28.7 Å². The molecule has 0 saturated heterocycles. The van der Waals surface area contributed by atoms with Crippen molar-refractivity contribution in [3.63, 3.8) is 0 Å². The molecular formula is C30H38O6. The molecule has 2 bridgehead atoms. The zero-order valence-electron chi connectivity index (χ0n) is 22.6. The van der Waals surface area contributed by atoms with Crippen LogP contribution in [-0.4, -0.2) is 23.5 Å². The van der Waals surface area contributed by atoms with E-state index in [1.165, 1.54) is 19.4 Å². The van der Waals surface area contributed by atoms with Crippen LogP contribution in [0.1, 0.15) is 87.0 Å².